The highest BCUT2D eigenvalue weighted by Gasteiger charge is 2.29. The van der Waals surface area contributed by atoms with Gasteiger partial charge in [0, 0.05) is 19.3 Å². The van der Waals surface area contributed by atoms with E-state index in [1.54, 1.807) is 0 Å². The molecule has 0 saturated heterocycles. The molecule has 4 N–H and O–H groups in total. The fraction of sp³-hybridized carbons (Fsp3) is 0.769. The first-order valence-electron chi connectivity index (χ1n) is 32.2. The Hall–Kier alpha value is -3.01. The molecule has 0 fully saturated rings. The van der Waals surface area contributed by atoms with Crippen LogP contribution in [-0.4, -0.2) is 95.9 Å². The smallest absolute Gasteiger partial charge is 0.463 e. The number of aliphatic hydroxyl groups excluding tert-OH is 2. The minimum Gasteiger partial charge on any atom is -0.463 e. The van der Waals surface area contributed by atoms with Gasteiger partial charge in [-0.2, -0.15) is 0 Å². The summed E-state index contributed by atoms with van der Waals surface area (Å²) in [4.78, 5) is 58.1. The lowest BCUT2D eigenvalue weighted by Gasteiger charge is -2.21. The Bertz CT molecular complexity index is 1820. The number of carbonyl (C=O) groups excluding carboxylic acids is 3. The highest BCUT2D eigenvalue weighted by molar-refractivity contribution is 7.47. The molecule has 5 atom stereocenters. The molecule has 5 unspecified atom stereocenters. The molecule has 0 aliphatic rings. The van der Waals surface area contributed by atoms with Gasteiger partial charge in [0.15, 0.2) is 6.10 Å². The van der Waals surface area contributed by atoms with E-state index in [-0.39, 0.29) is 19.3 Å². The molecule has 0 amide bonds. The van der Waals surface area contributed by atoms with Crippen molar-refractivity contribution in [3.63, 3.8) is 0 Å². The Morgan fingerprint density at radius 3 is 1.02 bits per heavy atom. The number of esters is 3. The van der Waals surface area contributed by atoms with Crippen molar-refractivity contribution < 1.29 is 75.8 Å². The third-order valence-electron chi connectivity index (χ3n) is 13.4. The molecule has 0 rings (SSSR count). The Kier molecular flexibility index (Phi) is 57.2. The minimum absolute atomic E-state index is 0.105. The first kappa shape index (κ1) is 80.0. The number of ether oxygens (including phenoxy) is 3. The van der Waals surface area contributed by atoms with E-state index in [0.717, 1.165) is 141 Å². The average molecular weight is 1220 g/mol. The van der Waals surface area contributed by atoms with E-state index in [9.17, 15) is 43.5 Å². The number of phosphoric acid groups is 2. The van der Waals surface area contributed by atoms with E-state index in [4.69, 9.17) is 32.3 Å². The zero-order valence-electron chi connectivity index (χ0n) is 51.9. The van der Waals surface area contributed by atoms with E-state index in [1.807, 2.05) is 0 Å². The Balaban J connectivity index is 4.52. The van der Waals surface area contributed by atoms with Crippen molar-refractivity contribution >= 4 is 33.6 Å². The van der Waals surface area contributed by atoms with Crippen LogP contribution < -0.4 is 0 Å². The summed E-state index contributed by atoms with van der Waals surface area (Å²) in [5.41, 5.74) is 0. The van der Waals surface area contributed by atoms with Gasteiger partial charge in [0.1, 0.15) is 25.4 Å². The maximum absolute atomic E-state index is 12.8. The summed E-state index contributed by atoms with van der Waals surface area (Å²) < 4.78 is 60.6. The van der Waals surface area contributed by atoms with Gasteiger partial charge in [-0.05, 0) is 89.9 Å². The van der Waals surface area contributed by atoms with Crippen molar-refractivity contribution in [2.24, 2.45) is 0 Å². The van der Waals surface area contributed by atoms with Gasteiger partial charge < -0.3 is 34.2 Å². The van der Waals surface area contributed by atoms with Crippen molar-refractivity contribution in [2.45, 2.75) is 283 Å². The first-order chi connectivity index (χ1) is 40.2. The minimum atomic E-state index is -4.91. The molecule has 482 valence electrons. The Labute approximate surface area is 503 Å². The molecule has 18 heteroatoms. The summed E-state index contributed by atoms with van der Waals surface area (Å²) in [6, 6.07) is 0. The van der Waals surface area contributed by atoms with Gasteiger partial charge in [-0.15, -0.1) is 0 Å². The number of allylic oxidation sites excluding steroid dienone is 12. The molecular weight excluding hydrogens is 1100 g/mol. The molecule has 0 aliphatic carbocycles. The normalized spacial score (nSPS) is 14.8. The number of carbonyl (C=O) groups is 3. The standard InChI is InChI=1S/C65H116O16P2/c1-4-7-10-13-16-19-22-24-25-26-27-28-29-30-31-32-33-35-38-39-42-45-48-51-63(68)75-54-60(66)55-77-82(71,72)78-56-61(67)57-79-83(73,74)80-59-62(81-65(70)53-50-47-44-41-36-21-18-15-12-9-6-3)58-76-64(69)52-49-46-43-40-37-34-23-20-17-14-11-8-5-2/h11,14,16,19-20,23-25,27-28,30-31,60-62,66-67H,4-10,12-13,15,17-18,21-22,26,29,32-59H2,1-3H3,(H,71,72)(H,73,74)/b14-11-,19-16-,23-20-,25-24-,28-27-,31-30-. The lowest BCUT2D eigenvalue weighted by Crippen LogP contribution is -2.30. The zero-order chi connectivity index (χ0) is 61.0. The van der Waals surface area contributed by atoms with Crippen LogP contribution >= 0.6 is 15.6 Å². The Morgan fingerprint density at radius 1 is 0.337 bits per heavy atom. The lowest BCUT2D eigenvalue weighted by atomic mass is 10.1. The van der Waals surface area contributed by atoms with Gasteiger partial charge in [0.25, 0.3) is 0 Å². The van der Waals surface area contributed by atoms with Crippen LogP contribution in [-0.2, 0) is 55.8 Å². The van der Waals surface area contributed by atoms with E-state index < -0.39 is 91.5 Å². The molecule has 83 heavy (non-hydrogen) atoms. The van der Waals surface area contributed by atoms with Crippen LogP contribution in [0.3, 0.4) is 0 Å². The van der Waals surface area contributed by atoms with E-state index >= 15 is 0 Å². The number of unbranched alkanes of at least 4 members (excludes halogenated alkanes) is 26. The SMILES string of the molecule is CCC/C=C\C/C=C\CCCCCCCC(=O)OCC(COP(=O)(O)OCC(O)COP(=O)(O)OCC(O)COC(=O)CCCCCCCCC/C=C\C/C=C\C/C=C\C/C=C\CCCCC)OC(=O)CCCCCCCCCCCCC. The largest absolute Gasteiger partial charge is 0.472 e. The average Bonchev–Trinajstić information content (AvgIpc) is 3.46. The molecule has 0 spiro atoms. The van der Waals surface area contributed by atoms with Crippen molar-refractivity contribution in [1.82, 2.24) is 0 Å². The molecule has 0 saturated carbocycles. The summed E-state index contributed by atoms with van der Waals surface area (Å²) in [5.74, 6) is -1.60. The maximum Gasteiger partial charge on any atom is 0.472 e. The highest BCUT2D eigenvalue weighted by Crippen LogP contribution is 2.45. The number of hydrogen-bond acceptors (Lipinski definition) is 14. The summed E-state index contributed by atoms with van der Waals surface area (Å²) in [5, 5.41) is 20.5. The van der Waals surface area contributed by atoms with Gasteiger partial charge in [-0.25, -0.2) is 9.13 Å². The molecule has 0 aromatic rings. The fourth-order valence-electron chi connectivity index (χ4n) is 8.41. The second-order valence-electron chi connectivity index (χ2n) is 21.6. The van der Waals surface area contributed by atoms with Gasteiger partial charge in [0.2, 0.25) is 0 Å². The predicted octanol–water partition coefficient (Wildman–Crippen LogP) is 17.2. The number of rotatable bonds is 61. The van der Waals surface area contributed by atoms with Crippen molar-refractivity contribution in [2.75, 3.05) is 39.6 Å². The van der Waals surface area contributed by atoms with Gasteiger partial charge in [-0.1, -0.05) is 229 Å². The van der Waals surface area contributed by atoms with Crippen LogP contribution in [0, 0.1) is 0 Å². The van der Waals surface area contributed by atoms with E-state index in [1.165, 1.54) is 64.2 Å². The van der Waals surface area contributed by atoms with Crippen LogP contribution in [0.2, 0.25) is 0 Å². The first-order valence-corrected chi connectivity index (χ1v) is 35.2. The third-order valence-corrected chi connectivity index (χ3v) is 15.3. The van der Waals surface area contributed by atoms with Crippen LogP contribution in [0.15, 0.2) is 72.9 Å². The molecule has 0 heterocycles. The molecule has 0 aliphatic heterocycles. The molecule has 0 radical (unpaired) electrons. The van der Waals surface area contributed by atoms with Crippen LogP contribution in [0.4, 0.5) is 0 Å². The third kappa shape index (κ3) is 60.5. The molecule has 0 bridgehead atoms. The maximum atomic E-state index is 12.8. The second-order valence-corrected chi connectivity index (χ2v) is 24.5. The zero-order valence-corrected chi connectivity index (χ0v) is 53.6. The van der Waals surface area contributed by atoms with Gasteiger partial charge >= 0.3 is 33.6 Å². The monoisotopic (exact) mass is 1210 g/mol. The van der Waals surface area contributed by atoms with E-state index in [0.29, 0.717) is 19.3 Å². The highest BCUT2D eigenvalue weighted by atomic mass is 31.2. The van der Waals surface area contributed by atoms with Crippen LogP contribution in [0.25, 0.3) is 0 Å². The van der Waals surface area contributed by atoms with Gasteiger partial charge in [-0.3, -0.25) is 32.5 Å². The van der Waals surface area contributed by atoms with Crippen LogP contribution in [0.1, 0.15) is 265 Å². The van der Waals surface area contributed by atoms with Gasteiger partial charge in [0.05, 0.1) is 26.4 Å². The molecule has 0 aromatic carbocycles. The lowest BCUT2D eigenvalue weighted by molar-refractivity contribution is -0.161. The predicted molar refractivity (Wildman–Crippen MR) is 335 cm³/mol. The number of aliphatic hydroxyl groups is 2. The molecular formula is C65H116O16P2. The van der Waals surface area contributed by atoms with Crippen molar-refractivity contribution in [3.8, 4) is 0 Å². The van der Waals surface area contributed by atoms with Crippen molar-refractivity contribution in [3.05, 3.63) is 72.9 Å². The summed E-state index contributed by atoms with van der Waals surface area (Å²) >= 11 is 0. The topological polar surface area (TPSA) is 231 Å². The number of phosphoric ester groups is 2. The fourth-order valence-corrected chi connectivity index (χ4v) is 10.00. The second kappa shape index (κ2) is 59.3. The summed E-state index contributed by atoms with van der Waals surface area (Å²) in [6.45, 7) is 2.53. The quantitative estimate of drug-likeness (QED) is 0.0146. The van der Waals surface area contributed by atoms with Crippen molar-refractivity contribution in [1.29, 1.82) is 0 Å². The van der Waals surface area contributed by atoms with E-state index in [2.05, 4.69) is 93.7 Å². The van der Waals surface area contributed by atoms with Crippen LogP contribution in [0.5, 0.6) is 0 Å². The summed E-state index contributed by atoms with van der Waals surface area (Å²) in [6.07, 6.45) is 59.7. The Morgan fingerprint density at radius 2 is 0.627 bits per heavy atom. The molecule has 0 aromatic heterocycles. The number of hydrogen-bond donors (Lipinski definition) is 4. The molecule has 16 nitrogen and oxygen atoms in total. The summed E-state index contributed by atoms with van der Waals surface area (Å²) in [7, 11) is -9.76.